The van der Waals surface area contributed by atoms with Gasteiger partial charge in [0.2, 0.25) is 0 Å². The van der Waals surface area contributed by atoms with Crippen LogP contribution in [-0.2, 0) is 24.6 Å². The zero-order chi connectivity index (χ0) is 13.9. The van der Waals surface area contributed by atoms with Crippen molar-refractivity contribution in [2.75, 3.05) is 7.11 Å². The summed E-state index contributed by atoms with van der Waals surface area (Å²) in [5.74, 6) is 0. The van der Waals surface area contributed by atoms with Gasteiger partial charge in [-0.15, -0.1) is 0 Å². The highest BCUT2D eigenvalue weighted by molar-refractivity contribution is 9.10. The summed E-state index contributed by atoms with van der Waals surface area (Å²) >= 11 is 3.62. The third kappa shape index (κ3) is 2.95. The van der Waals surface area contributed by atoms with Crippen molar-refractivity contribution in [3.63, 3.8) is 0 Å². The van der Waals surface area contributed by atoms with E-state index in [9.17, 15) is 0 Å². The lowest BCUT2D eigenvalue weighted by molar-refractivity contribution is -0.0188. The second-order valence-corrected chi connectivity index (χ2v) is 5.66. The number of hydrogen-bond acceptors (Lipinski definition) is 3. The van der Waals surface area contributed by atoms with Crippen LogP contribution < -0.4 is 5.73 Å². The average Bonchev–Trinajstić information content (AvgIpc) is 2.64. The molecular formula is C13H24BrN3O. The zero-order valence-electron chi connectivity index (χ0n) is 12.0. The first-order chi connectivity index (χ1) is 8.39. The maximum absolute atomic E-state index is 6.31. The van der Waals surface area contributed by atoms with Gasteiger partial charge in [-0.2, -0.15) is 5.10 Å². The van der Waals surface area contributed by atoms with E-state index in [0.717, 1.165) is 35.1 Å². The van der Waals surface area contributed by atoms with E-state index in [0.29, 0.717) is 0 Å². The van der Waals surface area contributed by atoms with Crippen LogP contribution in [0, 0.1) is 0 Å². The molecule has 1 rings (SSSR count). The van der Waals surface area contributed by atoms with Gasteiger partial charge in [0.05, 0.1) is 21.5 Å². The number of aryl methyl sites for hydroxylation is 2. The summed E-state index contributed by atoms with van der Waals surface area (Å²) in [5, 5.41) is 4.49. The molecule has 0 saturated heterocycles. The number of nitrogens with zero attached hydrogens (tertiary/aromatic N) is 2. The van der Waals surface area contributed by atoms with Gasteiger partial charge in [0.15, 0.2) is 0 Å². The Bertz CT molecular complexity index is 399. The van der Waals surface area contributed by atoms with E-state index in [-0.39, 0.29) is 11.6 Å². The van der Waals surface area contributed by atoms with E-state index in [1.165, 1.54) is 0 Å². The summed E-state index contributed by atoms with van der Waals surface area (Å²) < 4.78 is 8.56. The van der Waals surface area contributed by atoms with E-state index in [4.69, 9.17) is 10.5 Å². The third-order valence-corrected chi connectivity index (χ3v) is 4.78. The standard InChI is InChI=1S/C13H24BrN3O/c1-6-9-12(14)10(17(4)16-9)8-11(15)13(3,7-2)18-5/h11H,6-8,15H2,1-5H3. The van der Waals surface area contributed by atoms with Gasteiger partial charge in [0.25, 0.3) is 0 Å². The zero-order valence-corrected chi connectivity index (χ0v) is 13.5. The quantitative estimate of drug-likeness (QED) is 0.876. The molecule has 0 fully saturated rings. The van der Waals surface area contributed by atoms with Crippen molar-refractivity contribution in [1.82, 2.24) is 9.78 Å². The van der Waals surface area contributed by atoms with Crippen LogP contribution in [0.15, 0.2) is 4.47 Å². The Morgan fingerprint density at radius 3 is 2.50 bits per heavy atom. The van der Waals surface area contributed by atoms with Gasteiger partial charge in [0, 0.05) is 26.6 Å². The predicted molar refractivity (Wildman–Crippen MR) is 77.7 cm³/mol. The summed E-state index contributed by atoms with van der Waals surface area (Å²) in [5.41, 5.74) is 8.23. The fourth-order valence-corrected chi connectivity index (χ4v) is 2.80. The summed E-state index contributed by atoms with van der Waals surface area (Å²) in [6.45, 7) is 6.25. The fraction of sp³-hybridized carbons (Fsp3) is 0.769. The van der Waals surface area contributed by atoms with Gasteiger partial charge in [0.1, 0.15) is 0 Å². The van der Waals surface area contributed by atoms with Gasteiger partial charge >= 0.3 is 0 Å². The number of hydrogen-bond donors (Lipinski definition) is 1. The van der Waals surface area contributed by atoms with Gasteiger partial charge in [-0.3, -0.25) is 4.68 Å². The molecule has 0 bridgehead atoms. The van der Waals surface area contributed by atoms with Crippen molar-refractivity contribution in [2.45, 2.75) is 51.7 Å². The van der Waals surface area contributed by atoms with Crippen LogP contribution in [0.25, 0.3) is 0 Å². The maximum Gasteiger partial charge on any atom is 0.0802 e. The minimum Gasteiger partial charge on any atom is -0.377 e. The smallest absolute Gasteiger partial charge is 0.0802 e. The molecular weight excluding hydrogens is 294 g/mol. The molecule has 0 spiro atoms. The molecule has 0 aliphatic carbocycles. The Morgan fingerprint density at radius 2 is 2.11 bits per heavy atom. The number of halogens is 1. The van der Waals surface area contributed by atoms with Gasteiger partial charge in [-0.05, 0) is 35.7 Å². The lowest BCUT2D eigenvalue weighted by atomic mass is 9.90. The van der Waals surface area contributed by atoms with Crippen LogP contribution >= 0.6 is 15.9 Å². The Balaban J connectivity index is 2.94. The first-order valence-electron chi connectivity index (χ1n) is 6.40. The highest BCUT2D eigenvalue weighted by Crippen LogP contribution is 2.26. The van der Waals surface area contributed by atoms with E-state index in [1.807, 2.05) is 11.7 Å². The third-order valence-electron chi connectivity index (χ3n) is 3.87. The fourth-order valence-electron chi connectivity index (χ4n) is 2.02. The minimum absolute atomic E-state index is 0.0519. The van der Waals surface area contributed by atoms with E-state index in [1.54, 1.807) is 7.11 Å². The number of ether oxygens (including phenoxy) is 1. The van der Waals surface area contributed by atoms with Gasteiger partial charge < -0.3 is 10.5 Å². The summed E-state index contributed by atoms with van der Waals surface area (Å²) in [7, 11) is 3.68. The lowest BCUT2D eigenvalue weighted by Crippen LogP contribution is -2.48. The van der Waals surface area contributed by atoms with Crippen molar-refractivity contribution >= 4 is 15.9 Å². The van der Waals surface area contributed by atoms with E-state index < -0.39 is 0 Å². The highest BCUT2D eigenvalue weighted by Gasteiger charge is 2.31. The molecule has 2 unspecified atom stereocenters. The first kappa shape index (κ1) is 15.7. The van der Waals surface area contributed by atoms with Crippen LogP contribution in [0.1, 0.15) is 38.6 Å². The minimum atomic E-state index is -0.296. The van der Waals surface area contributed by atoms with Crippen LogP contribution in [0.2, 0.25) is 0 Å². The van der Waals surface area contributed by atoms with Crippen molar-refractivity contribution in [3.05, 3.63) is 15.9 Å². The molecule has 0 amide bonds. The van der Waals surface area contributed by atoms with Crippen LogP contribution in [0.5, 0.6) is 0 Å². The molecule has 18 heavy (non-hydrogen) atoms. The molecule has 0 aromatic carbocycles. The summed E-state index contributed by atoms with van der Waals surface area (Å²) in [6, 6.07) is -0.0519. The van der Waals surface area contributed by atoms with Crippen LogP contribution in [0.4, 0.5) is 0 Å². The molecule has 1 heterocycles. The summed E-state index contributed by atoms with van der Waals surface area (Å²) in [6.07, 6.45) is 2.56. The van der Waals surface area contributed by atoms with E-state index >= 15 is 0 Å². The molecule has 104 valence electrons. The summed E-state index contributed by atoms with van der Waals surface area (Å²) in [4.78, 5) is 0. The molecule has 4 nitrogen and oxygen atoms in total. The van der Waals surface area contributed by atoms with Crippen molar-refractivity contribution < 1.29 is 4.74 Å². The highest BCUT2D eigenvalue weighted by atomic mass is 79.9. The number of methoxy groups -OCH3 is 1. The Morgan fingerprint density at radius 1 is 1.50 bits per heavy atom. The lowest BCUT2D eigenvalue weighted by Gasteiger charge is -2.33. The SMILES string of the molecule is CCc1nn(C)c(CC(N)C(C)(CC)OC)c1Br. The number of rotatable bonds is 6. The Kier molecular flexibility index (Phi) is 5.37. The number of nitrogens with two attached hydrogens (primary N) is 1. The Hall–Kier alpha value is -0.390. The molecule has 0 aliphatic heterocycles. The Labute approximate surface area is 118 Å². The van der Waals surface area contributed by atoms with Gasteiger partial charge in [-0.1, -0.05) is 13.8 Å². The molecule has 1 aromatic rings. The molecule has 1 aromatic heterocycles. The normalized spacial score (nSPS) is 16.6. The van der Waals surface area contributed by atoms with Gasteiger partial charge in [-0.25, -0.2) is 0 Å². The molecule has 0 saturated carbocycles. The monoisotopic (exact) mass is 317 g/mol. The molecule has 2 atom stereocenters. The van der Waals surface area contributed by atoms with Crippen LogP contribution in [-0.4, -0.2) is 28.5 Å². The van der Waals surface area contributed by atoms with Crippen molar-refractivity contribution in [1.29, 1.82) is 0 Å². The largest absolute Gasteiger partial charge is 0.377 e. The maximum atomic E-state index is 6.31. The van der Waals surface area contributed by atoms with Crippen molar-refractivity contribution in [2.24, 2.45) is 12.8 Å². The second kappa shape index (κ2) is 6.17. The predicted octanol–water partition coefficient (Wildman–Crippen LogP) is 2.43. The number of aromatic nitrogens is 2. The first-order valence-corrected chi connectivity index (χ1v) is 7.19. The van der Waals surface area contributed by atoms with Crippen LogP contribution in [0.3, 0.4) is 0 Å². The average molecular weight is 318 g/mol. The van der Waals surface area contributed by atoms with Crippen molar-refractivity contribution in [3.8, 4) is 0 Å². The second-order valence-electron chi connectivity index (χ2n) is 4.87. The molecule has 0 radical (unpaired) electrons. The molecule has 2 N–H and O–H groups in total. The topological polar surface area (TPSA) is 53.1 Å². The molecule has 5 heteroatoms. The molecule has 0 aliphatic rings. The van der Waals surface area contributed by atoms with E-state index in [2.05, 4.69) is 41.8 Å².